The van der Waals surface area contributed by atoms with Gasteiger partial charge in [0.1, 0.15) is 5.75 Å². The molecule has 3 heterocycles. The Bertz CT molecular complexity index is 2390. The summed E-state index contributed by atoms with van der Waals surface area (Å²) in [5.74, 6) is 0.293. The Kier molecular flexibility index (Phi) is 8.32. The van der Waals surface area contributed by atoms with Gasteiger partial charge in [0.15, 0.2) is 4.80 Å². The molecule has 10 heteroatoms. The summed E-state index contributed by atoms with van der Waals surface area (Å²) in [5.41, 5.74) is 4.99. The summed E-state index contributed by atoms with van der Waals surface area (Å²) >= 11 is 13.8. The summed E-state index contributed by atoms with van der Waals surface area (Å²) in [6.07, 6.45) is 3.94. The van der Waals surface area contributed by atoms with Crippen molar-refractivity contribution in [1.29, 1.82) is 0 Å². The van der Waals surface area contributed by atoms with Crippen LogP contribution in [0.5, 0.6) is 5.75 Å². The number of nitrogens with one attached hydrogen (secondary N) is 1. The molecule has 0 spiro atoms. The average Bonchev–Trinajstić information content (AvgIpc) is 3.58. The molecule has 1 amide bonds. The van der Waals surface area contributed by atoms with Crippen molar-refractivity contribution in [2.75, 3.05) is 12.4 Å². The lowest BCUT2D eigenvalue weighted by molar-refractivity contribution is -0.113. The minimum atomic E-state index is -0.719. The highest BCUT2D eigenvalue weighted by Gasteiger charge is 2.33. The normalized spacial score (nSPS) is 14.6. The van der Waals surface area contributed by atoms with Crippen molar-refractivity contribution in [3.63, 3.8) is 0 Å². The molecule has 1 atom stereocenters. The van der Waals surface area contributed by atoms with Crippen LogP contribution in [-0.2, 0) is 11.3 Å². The van der Waals surface area contributed by atoms with Crippen LogP contribution < -0.4 is 24.9 Å². The van der Waals surface area contributed by atoms with E-state index in [0.29, 0.717) is 48.6 Å². The molecule has 1 aliphatic rings. The number of hydrogen-bond donors (Lipinski definition) is 1. The van der Waals surface area contributed by atoms with Crippen LogP contribution in [0.1, 0.15) is 29.7 Å². The molecule has 2 aromatic heterocycles. The Hall–Kier alpha value is -4.89. The van der Waals surface area contributed by atoms with Crippen LogP contribution >= 0.6 is 34.5 Å². The number of nitrogens with zero attached hydrogens (tertiary/aromatic N) is 3. The molecule has 0 saturated carbocycles. The largest absolute Gasteiger partial charge is 0.497 e. The Balaban J connectivity index is 1.36. The summed E-state index contributed by atoms with van der Waals surface area (Å²) in [6.45, 7) is 2.38. The van der Waals surface area contributed by atoms with Crippen molar-refractivity contribution in [2.45, 2.75) is 19.5 Å². The first kappa shape index (κ1) is 30.7. The second kappa shape index (κ2) is 12.7. The topological polar surface area (TPSA) is 77.6 Å². The zero-order valence-electron chi connectivity index (χ0n) is 25.4. The van der Waals surface area contributed by atoms with Gasteiger partial charge in [-0.1, -0.05) is 89.1 Å². The number of methoxy groups -OCH3 is 1. The highest BCUT2D eigenvalue weighted by Crippen LogP contribution is 2.33. The lowest BCUT2D eigenvalue weighted by atomic mass is 9.95. The summed E-state index contributed by atoms with van der Waals surface area (Å²) < 4.78 is 9.77. The third-order valence-corrected chi connectivity index (χ3v) is 9.87. The number of benzene rings is 4. The van der Waals surface area contributed by atoms with E-state index >= 15 is 0 Å². The maximum atomic E-state index is 14.4. The van der Waals surface area contributed by atoms with E-state index in [1.165, 1.54) is 11.3 Å². The van der Waals surface area contributed by atoms with Crippen LogP contribution in [0.4, 0.5) is 5.69 Å². The van der Waals surface area contributed by atoms with E-state index in [1.807, 2.05) is 97.2 Å². The predicted molar refractivity (Wildman–Crippen MR) is 189 cm³/mol. The second-order valence-corrected chi connectivity index (χ2v) is 13.0. The predicted octanol–water partition coefficient (Wildman–Crippen LogP) is 7.19. The van der Waals surface area contributed by atoms with Crippen LogP contribution in [0.2, 0.25) is 10.0 Å². The number of amides is 1. The van der Waals surface area contributed by atoms with Crippen LogP contribution in [0, 0.1) is 0 Å². The Morgan fingerprint density at radius 3 is 2.55 bits per heavy atom. The van der Waals surface area contributed by atoms with Gasteiger partial charge in [-0.05, 0) is 66.6 Å². The minimum Gasteiger partial charge on any atom is -0.497 e. The molecular weight excluding hydrogens is 651 g/mol. The smallest absolute Gasteiger partial charge is 0.271 e. The van der Waals surface area contributed by atoms with Gasteiger partial charge in [-0.25, -0.2) is 4.99 Å². The van der Waals surface area contributed by atoms with E-state index in [2.05, 4.69) is 16.0 Å². The lowest BCUT2D eigenvalue weighted by Gasteiger charge is -2.25. The molecule has 7 rings (SSSR count). The zero-order valence-corrected chi connectivity index (χ0v) is 27.7. The molecule has 0 bridgehead atoms. The highest BCUT2D eigenvalue weighted by molar-refractivity contribution is 7.07. The van der Waals surface area contributed by atoms with Crippen LogP contribution in [0.25, 0.3) is 17.0 Å². The first-order valence-corrected chi connectivity index (χ1v) is 16.4. The number of hydrogen-bond acceptors (Lipinski definition) is 5. The van der Waals surface area contributed by atoms with Gasteiger partial charge < -0.3 is 14.6 Å². The summed E-state index contributed by atoms with van der Waals surface area (Å²) in [4.78, 5) is 33.5. The third-order valence-electron chi connectivity index (χ3n) is 8.15. The second-order valence-electron chi connectivity index (χ2n) is 11.2. The standard InChI is InChI=1S/C37H28Cl2N4O3S/c1-22-33(35(44)41-26-10-4-3-5-11-26)34(24-9-8-12-27(18-24)46-2)43-36(45)32(47-37(43)40-22)19-25-21-42(31-14-7-6-13-28(25)31)20-23-15-16-29(38)30(39)17-23/h3-19,21,34H,20H2,1-2H3,(H,41,44)/b32-19-/t34-/m0/s1. The molecular formula is C37H28Cl2N4O3S. The molecule has 7 nitrogen and oxygen atoms in total. The molecule has 4 aromatic carbocycles. The van der Waals surface area contributed by atoms with Gasteiger partial charge in [-0.3, -0.25) is 14.2 Å². The summed E-state index contributed by atoms with van der Waals surface area (Å²) in [5, 5.41) is 5.00. The van der Waals surface area contributed by atoms with Crippen LogP contribution in [-0.4, -0.2) is 22.2 Å². The fourth-order valence-corrected chi connectivity index (χ4v) is 7.31. The number of carbonyl (C=O) groups excluding carboxylic acids is 1. The highest BCUT2D eigenvalue weighted by atomic mass is 35.5. The monoisotopic (exact) mass is 678 g/mol. The molecule has 0 aliphatic carbocycles. The fourth-order valence-electron chi connectivity index (χ4n) is 5.96. The van der Waals surface area contributed by atoms with Gasteiger partial charge in [0.25, 0.3) is 11.5 Å². The number of carbonyl (C=O) groups is 1. The molecule has 0 fully saturated rings. The third kappa shape index (κ3) is 5.91. The molecule has 47 heavy (non-hydrogen) atoms. The number of para-hydroxylation sites is 2. The molecule has 0 unspecified atom stereocenters. The van der Waals surface area contributed by atoms with Crippen molar-refractivity contribution in [2.24, 2.45) is 4.99 Å². The van der Waals surface area contributed by atoms with E-state index in [-0.39, 0.29) is 11.5 Å². The zero-order chi connectivity index (χ0) is 32.7. The number of ether oxygens (including phenoxy) is 1. The Morgan fingerprint density at radius 1 is 0.979 bits per heavy atom. The van der Waals surface area contributed by atoms with E-state index in [9.17, 15) is 9.59 Å². The van der Waals surface area contributed by atoms with Crippen molar-refractivity contribution in [3.8, 4) is 5.75 Å². The summed E-state index contributed by atoms with van der Waals surface area (Å²) in [6, 6.07) is 29.6. The lowest BCUT2D eigenvalue weighted by Crippen LogP contribution is -2.40. The first-order valence-electron chi connectivity index (χ1n) is 14.9. The molecule has 6 aromatic rings. The molecule has 234 valence electrons. The molecule has 1 aliphatic heterocycles. The SMILES string of the molecule is COc1cccc([C@H]2C(C(=O)Nc3ccccc3)=C(C)N=c3s/c(=C\c4cn(Cc5ccc(Cl)c(Cl)c5)c5ccccc45)c(=O)n32)c1. The van der Waals surface area contributed by atoms with Gasteiger partial charge in [0.05, 0.1) is 39.0 Å². The van der Waals surface area contributed by atoms with E-state index in [0.717, 1.165) is 27.6 Å². The number of rotatable bonds is 7. The van der Waals surface area contributed by atoms with Crippen LogP contribution in [0.3, 0.4) is 0 Å². The van der Waals surface area contributed by atoms with Gasteiger partial charge in [-0.15, -0.1) is 0 Å². The number of aromatic nitrogens is 2. The van der Waals surface area contributed by atoms with E-state index in [4.69, 9.17) is 32.9 Å². The van der Waals surface area contributed by atoms with Crippen molar-refractivity contribution < 1.29 is 9.53 Å². The Labute approximate surface area is 284 Å². The van der Waals surface area contributed by atoms with Gasteiger partial charge in [0, 0.05) is 34.9 Å². The summed E-state index contributed by atoms with van der Waals surface area (Å²) in [7, 11) is 1.59. The molecule has 0 radical (unpaired) electrons. The minimum absolute atomic E-state index is 0.236. The van der Waals surface area contributed by atoms with Gasteiger partial charge in [-0.2, -0.15) is 0 Å². The maximum Gasteiger partial charge on any atom is 0.271 e. The van der Waals surface area contributed by atoms with Crippen LogP contribution in [0.15, 0.2) is 124 Å². The number of allylic oxidation sites excluding steroid dienone is 1. The first-order chi connectivity index (χ1) is 22.8. The quantitative estimate of drug-likeness (QED) is 0.194. The molecule has 0 saturated heterocycles. The number of halogens is 2. The van der Waals surface area contributed by atoms with Gasteiger partial charge in [0.2, 0.25) is 0 Å². The molecule has 1 N–H and O–H groups in total. The van der Waals surface area contributed by atoms with Gasteiger partial charge >= 0.3 is 0 Å². The Morgan fingerprint density at radius 2 is 1.77 bits per heavy atom. The van der Waals surface area contributed by atoms with Crippen molar-refractivity contribution in [3.05, 3.63) is 161 Å². The van der Waals surface area contributed by atoms with E-state index in [1.54, 1.807) is 24.7 Å². The van der Waals surface area contributed by atoms with Crippen molar-refractivity contribution >= 4 is 63.1 Å². The van der Waals surface area contributed by atoms with Crippen molar-refractivity contribution in [1.82, 2.24) is 9.13 Å². The fraction of sp³-hybridized carbons (Fsp3) is 0.108. The number of thiazole rings is 1. The maximum absolute atomic E-state index is 14.4. The average molecular weight is 680 g/mol. The van der Waals surface area contributed by atoms with E-state index < -0.39 is 6.04 Å². The number of anilines is 1. The number of fused-ring (bicyclic) bond motifs is 2.